The Hall–Kier alpha value is -1.55. The zero-order chi connectivity index (χ0) is 14.6. The third-order valence-electron chi connectivity index (χ3n) is 3.05. The van der Waals surface area contributed by atoms with Crippen molar-refractivity contribution in [3.8, 4) is 0 Å². The van der Waals surface area contributed by atoms with Gasteiger partial charge in [-0.15, -0.1) is 0 Å². The van der Waals surface area contributed by atoms with Crippen LogP contribution < -0.4 is 5.32 Å². The Morgan fingerprint density at radius 3 is 2.53 bits per heavy atom. The Morgan fingerprint density at radius 2 is 2.00 bits per heavy atom. The first kappa shape index (κ1) is 15.5. The van der Waals surface area contributed by atoms with E-state index in [1.165, 1.54) is 0 Å². The number of aryl methyl sites for hydroxylation is 1. The van der Waals surface area contributed by atoms with Gasteiger partial charge in [0, 0.05) is 17.1 Å². The van der Waals surface area contributed by atoms with Gasteiger partial charge in [-0.2, -0.15) is 0 Å². The molecule has 0 heterocycles. The molecule has 0 saturated heterocycles. The summed E-state index contributed by atoms with van der Waals surface area (Å²) in [5.74, 6) is -1.08. The molecule has 1 amide bonds. The molecule has 1 aromatic carbocycles. The van der Waals surface area contributed by atoms with Crippen LogP contribution in [0.1, 0.15) is 36.2 Å². The minimum Gasteiger partial charge on any atom is -0.481 e. The van der Waals surface area contributed by atoms with Crippen molar-refractivity contribution in [1.29, 1.82) is 0 Å². The normalized spacial score (nSPS) is 11.2. The number of carboxylic acid groups (broad SMARTS) is 1. The van der Waals surface area contributed by atoms with E-state index in [9.17, 15) is 9.59 Å². The highest BCUT2D eigenvalue weighted by molar-refractivity contribution is 6.30. The van der Waals surface area contributed by atoms with Gasteiger partial charge in [0.25, 0.3) is 5.91 Å². The quantitative estimate of drug-likeness (QED) is 0.873. The topological polar surface area (TPSA) is 66.4 Å². The molecule has 0 saturated carbocycles. The van der Waals surface area contributed by atoms with Crippen LogP contribution in [-0.4, -0.2) is 23.5 Å². The van der Waals surface area contributed by atoms with Crippen molar-refractivity contribution in [2.45, 2.75) is 27.2 Å². The van der Waals surface area contributed by atoms with E-state index in [1.807, 2.05) is 6.92 Å². The minimum absolute atomic E-state index is 0.213. The van der Waals surface area contributed by atoms with Gasteiger partial charge in [-0.05, 0) is 51.0 Å². The molecule has 0 aliphatic rings. The van der Waals surface area contributed by atoms with Crippen molar-refractivity contribution in [2.75, 3.05) is 6.54 Å². The Bertz CT molecular complexity index is 497. The van der Waals surface area contributed by atoms with E-state index in [4.69, 9.17) is 16.7 Å². The van der Waals surface area contributed by atoms with E-state index in [2.05, 4.69) is 5.32 Å². The monoisotopic (exact) mass is 283 g/mol. The number of carbonyl (C=O) groups is 2. The van der Waals surface area contributed by atoms with E-state index < -0.39 is 11.4 Å². The molecule has 0 fully saturated rings. The maximum absolute atomic E-state index is 11.9. The number of hydrogen-bond donors (Lipinski definition) is 2. The SMILES string of the molecule is Cc1cc(Cl)ccc1C(=O)NCCC(C)(C)C(=O)O. The molecular formula is C14H18ClNO3. The van der Waals surface area contributed by atoms with Crippen molar-refractivity contribution in [1.82, 2.24) is 5.32 Å². The molecule has 0 radical (unpaired) electrons. The Morgan fingerprint density at radius 1 is 1.37 bits per heavy atom. The number of halogens is 1. The summed E-state index contributed by atoms with van der Waals surface area (Å²) < 4.78 is 0. The van der Waals surface area contributed by atoms with Gasteiger partial charge in [0.2, 0.25) is 0 Å². The fourth-order valence-electron chi connectivity index (χ4n) is 1.57. The largest absolute Gasteiger partial charge is 0.481 e. The molecule has 2 N–H and O–H groups in total. The summed E-state index contributed by atoms with van der Waals surface area (Å²) in [6.07, 6.45) is 0.376. The first-order valence-electron chi connectivity index (χ1n) is 6.02. The summed E-state index contributed by atoms with van der Waals surface area (Å²) in [4.78, 5) is 22.9. The molecule has 4 nitrogen and oxygen atoms in total. The minimum atomic E-state index is -0.871. The maximum Gasteiger partial charge on any atom is 0.309 e. The van der Waals surface area contributed by atoms with E-state index in [0.717, 1.165) is 5.56 Å². The molecule has 0 unspecified atom stereocenters. The van der Waals surface area contributed by atoms with Crippen LogP contribution in [0.5, 0.6) is 0 Å². The standard InChI is InChI=1S/C14H18ClNO3/c1-9-8-10(15)4-5-11(9)12(17)16-7-6-14(2,3)13(18)19/h4-5,8H,6-7H2,1-3H3,(H,16,17)(H,18,19). The molecule has 0 aromatic heterocycles. The molecule has 0 bridgehead atoms. The van der Waals surface area contributed by atoms with Gasteiger partial charge in [-0.3, -0.25) is 9.59 Å². The predicted molar refractivity (Wildman–Crippen MR) is 74.6 cm³/mol. The van der Waals surface area contributed by atoms with Crippen LogP contribution in [0.25, 0.3) is 0 Å². The van der Waals surface area contributed by atoms with Crippen molar-refractivity contribution < 1.29 is 14.7 Å². The molecule has 1 rings (SSSR count). The third kappa shape index (κ3) is 4.24. The molecule has 0 aliphatic heterocycles. The van der Waals surface area contributed by atoms with Crippen LogP contribution in [0.4, 0.5) is 0 Å². The Balaban J connectivity index is 2.59. The molecular weight excluding hydrogens is 266 g/mol. The number of carboxylic acids is 1. The smallest absolute Gasteiger partial charge is 0.309 e. The van der Waals surface area contributed by atoms with Crippen LogP contribution in [0.2, 0.25) is 5.02 Å². The van der Waals surface area contributed by atoms with Crippen LogP contribution in [0.15, 0.2) is 18.2 Å². The average molecular weight is 284 g/mol. The second-order valence-corrected chi connectivity index (χ2v) is 5.59. The van der Waals surface area contributed by atoms with Crippen LogP contribution in [0.3, 0.4) is 0 Å². The number of benzene rings is 1. The lowest BCUT2D eigenvalue weighted by Gasteiger charge is -2.19. The van der Waals surface area contributed by atoms with E-state index in [1.54, 1.807) is 32.0 Å². The second kappa shape index (κ2) is 6.06. The zero-order valence-corrected chi connectivity index (χ0v) is 12.0. The summed E-state index contributed by atoms with van der Waals surface area (Å²) in [6.45, 7) is 5.40. The summed E-state index contributed by atoms with van der Waals surface area (Å²) in [7, 11) is 0. The lowest BCUT2D eigenvalue weighted by molar-refractivity contribution is -0.147. The molecule has 1 aromatic rings. The van der Waals surface area contributed by atoms with Gasteiger partial charge in [-0.25, -0.2) is 0 Å². The number of carbonyl (C=O) groups excluding carboxylic acids is 1. The fourth-order valence-corrected chi connectivity index (χ4v) is 1.80. The van der Waals surface area contributed by atoms with Gasteiger partial charge in [0.15, 0.2) is 0 Å². The fraction of sp³-hybridized carbons (Fsp3) is 0.429. The summed E-state index contributed by atoms with van der Waals surface area (Å²) >= 11 is 5.82. The van der Waals surface area contributed by atoms with Gasteiger partial charge in [0.05, 0.1) is 5.41 Å². The first-order chi connectivity index (χ1) is 8.74. The van der Waals surface area contributed by atoms with E-state index >= 15 is 0 Å². The summed E-state index contributed by atoms with van der Waals surface area (Å²) in [6, 6.07) is 5.04. The number of rotatable bonds is 5. The van der Waals surface area contributed by atoms with Crippen molar-refractivity contribution in [3.05, 3.63) is 34.3 Å². The summed E-state index contributed by atoms with van der Waals surface area (Å²) in [5.41, 5.74) is 0.502. The lowest BCUT2D eigenvalue weighted by atomic mass is 9.89. The second-order valence-electron chi connectivity index (χ2n) is 5.15. The maximum atomic E-state index is 11.9. The first-order valence-corrected chi connectivity index (χ1v) is 6.39. The van der Waals surface area contributed by atoms with Gasteiger partial charge in [0.1, 0.15) is 0 Å². The number of hydrogen-bond acceptors (Lipinski definition) is 2. The molecule has 19 heavy (non-hydrogen) atoms. The Kier molecular flexibility index (Phi) is 4.95. The van der Waals surface area contributed by atoms with Crippen molar-refractivity contribution in [2.24, 2.45) is 5.41 Å². The van der Waals surface area contributed by atoms with Crippen molar-refractivity contribution >= 4 is 23.5 Å². The van der Waals surface area contributed by atoms with Gasteiger partial charge >= 0.3 is 5.97 Å². The summed E-state index contributed by atoms with van der Waals surface area (Å²) in [5, 5.41) is 12.3. The third-order valence-corrected chi connectivity index (χ3v) is 3.28. The highest BCUT2D eigenvalue weighted by Crippen LogP contribution is 2.20. The van der Waals surface area contributed by atoms with Crippen LogP contribution in [0, 0.1) is 12.3 Å². The molecule has 0 atom stereocenters. The highest BCUT2D eigenvalue weighted by atomic mass is 35.5. The van der Waals surface area contributed by atoms with Gasteiger partial charge in [-0.1, -0.05) is 11.6 Å². The number of aliphatic carboxylic acids is 1. The van der Waals surface area contributed by atoms with Gasteiger partial charge < -0.3 is 10.4 Å². The molecule has 0 spiro atoms. The molecule has 104 valence electrons. The van der Waals surface area contributed by atoms with Crippen LogP contribution in [-0.2, 0) is 4.79 Å². The number of nitrogens with one attached hydrogen (secondary N) is 1. The van der Waals surface area contributed by atoms with E-state index in [-0.39, 0.29) is 5.91 Å². The van der Waals surface area contributed by atoms with Crippen molar-refractivity contribution in [3.63, 3.8) is 0 Å². The number of amides is 1. The zero-order valence-electron chi connectivity index (χ0n) is 11.3. The highest BCUT2D eigenvalue weighted by Gasteiger charge is 2.26. The molecule has 0 aliphatic carbocycles. The predicted octanol–water partition coefficient (Wildman–Crippen LogP) is 2.88. The average Bonchev–Trinajstić information content (AvgIpc) is 2.28. The van der Waals surface area contributed by atoms with Crippen LogP contribution >= 0.6 is 11.6 Å². The Labute approximate surface area is 117 Å². The molecule has 5 heteroatoms. The lowest BCUT2D eigenvalue weighted by Crippen LogP contribution is -2.32. The van der Waals surface area contributed by atoms with E-state index in [0.29, 0.717) is 23.6 Å².